The van der Waals surface area contributed by atoms with Crippen molar-refractivity contribution < 1.29 is 0 Å². The highest BCUT2D eigenvalue weighted by Crippen LogP contribution is 2.01. The van der Waals surface area contributed by atoms with Gasteiger partial charge in [-0.3, -0.25) is 4.79 Å². The fourth-order valence-electron chi connectivity index (χ4n) is 0.974. The van der Waals surface area contributed by atoms with E-state index in [0.717, 1.165) is 5.69 Å². The molecule has 1 N–H and O–H groups in total. The monoisotopic (exact) mass is 162 g/mol. The molecule has 5 heteroatoms. The molecule has 2 aromatic heterocycles. The van der Waals surface area contributed by atoms with Gasteiger partial charge in [0.25, 0.3) is 5.56 Å². The van der Waals surface area contributed by atoms with E-state index in [0.29, 0.717) is 11.0 Å². The SMILES string of the molecule is Cc1ccc2c(=O)[nH]nnc2n1. The molecule has 12 heavy (non-hydrogen) atoms. The molecule has 0 saturated heterocycles. The number of aryl methyl sites for hydroxylation is 1. The first kappa shape index (κ1) is 6.90. The molecule has 0 spiro atoms. The first-order valence-electron chi connectivity index (χ1n) is 3.46. The highest BCUT2D eigenvalue weighted by Gasteiger charge is 1.99. The second-order valence-corrected chi connectivity index (χ2v) is 2.46. The van der Waals surface area contributed by atoms with Crippen LogP contribution in [-0.2, 0) is 0 Å². The molecule has 0 aliphatic carbocycles. The summed E-state index contributed by atoms with van der Waals surface area (Å²) in [5.74, 6) is 0. The van der Waals surface area contributed by atoms with Gasteiger partial charge in [0.1, 0.15) is 0 Å². The van der Waals surface area contributed by atoms with E-state index in [9.17, 15) is 4.79 Å². The fraction of sp³-hybridized carbons (Fsp3) is 0.143. The number of rotatable bonds is 0. The Morgan fingerprint density at radius 1 is 1.42 bits per heavy atom. The Bertz CT molecular complexity index is 476. The number of H-pyrrole nitrogens is 1. The van der Waals surface area contributed by atoms with E-state index in [1.54, 1.807) is 12.1 Å². The molecule has 0 saturated carbocycles. The lowest BCUT2D eigenvalue weighted by molar-refractivity contribution is 0.861. The summed E-state index contributed by atoms with van der Waals surface area (Å²) in [5, 5.41) is 9.79. The standard InChI is InChI=1S/C7H6N4O/c1-4-2-3-5-6(8-4)9-11-10-7(5)12/h2-3H,1H3,(H,8,9,10,12). The van der Waals surface area contributed by atoms with Crippen LogP contribution in [0.25, 0.3) is 11.0 Å². The summed E-state index contributed by atoms with van der Waals surface area (Å²) in [4.78, 5) is 15.1. The topological polar surface area (TPSA) is 71.5 Å². The molecule has 2 heterocycles. The smallest absolute Gasteiger partial charge is 0.267 e. The van der Waals surface area contributed by atoms with Crippen molar-refractivity contribution in [3.63, 3.8) is 0 Å². The molecule has 2 aromatic rings. The van der Waals surface area contributed by atoms with Gasteiger partial charge in [-0.1, -0.05) is 5.21 Å². The summed E-state index contributed by atoms with van der Waals surface area (Å²) in [6.07, 6.45) is 0. The summed E-state index contributed by atoms with van der Waals surface area (Å²) in [7, 11) is 0. The largest absolute Gasteiger partial charge is 0.276 e. The average molecular weight is 162 g/mol. The Balaban J connectivity index is 2.96. The van der Waals surface area contributed by atoms with Crippen LogP contribution >= 0.6 is 0 Å². The van der Waals surface area contributed by atoms with E-state index in [1.807, 2.05) is 6.92 Å². The number of hydrogen-bond acceptors (Lipinski definition) is 4. The molecule has 0 radical (unpaired) electrons. The molecule has 0 aromatic carbocycles. The van der Waals surface area contributed by atoms with Crippen molar-refractivity contribution >= 4 is 11.0 Å². The van der Waals surface area contributed by atoms with Gasteiger partial charge in [-0.15, -0.1) is 5.10 Å². The highest BCUT2D eigenvalue weighted by atomic mass is 16.1. The molecule has 60 valence electrons. The maximum absolute atomic E-state index is 11.1. The number of fused-ring (bicyclic) bond motifs is 1. The van der Waals surface area contributed by atoms with Crippen molar-refractivity contribution in [2.24, 2.45) is 0 Å². The zero-order chi connectivity index (χ0) is 8.55. The minimum absolute atomic E-state index is 0.257. The molecular formula is C7H6N4O. The zero-order valence-corrected chi connectivity index (χ0v) is 6.40. The summed E-state index contributed by atoms with van der Waals surface area (Å²) in [6, 6.07) is 3.45. The molecule has 0 amide bonds. The minimum Gasteiger partial charge on any atom is -0.267 e. The van der Waals surface area contributed by atoms with Gasteiger partial charge in [-0.05, 0) is 19.1 Å². The third-order valence-corrected chi connectivity index (χ3v) is 1.56. The fourth-order valence-corrected chi connectivity index (χ4v) is 0.974. The molecule has 2 rings (SSSR count). The third kappa shape index (κ3) is 0.952. The summed E-state index contributed by atoms with van der Waals surface area (Å²) in [5.41, 5.74) is 0.952. The lowest BCUT2D eigenvalue weighted by Crippen LogP contribution is -2.10. The number of nitrogens with one attached hydrogen (secondary N) is 1. The van der Waals surface area contributed by atoms with Crippen LogP contribution in [0.4, 0.5) is 0 Å². The van der Waals surface area contributed by atoms with E-state index >= 15 is 0 Å². The van der Waals surface area contributed by atoms with Crippen molar-refractivity contribution in [2.45, 2.75) is 6.92 Å². The van der Waals surface area contributed by atoms with E-state index in [2.05, 4.69) is 20.4 Å². The molecule has 0 atom stereocenters. The summed E-state index contributed by atoms with van der Waals surface area (Å²) in [6.45, 7) is 1.84. The Morgan fingerprint density at radius 3 is 3.08 bits per heavy atom. The Kier molecular flexibility index (Phi) is 1.36. The average Bonchev–Trinajstić information content (AvgIpc) is 2.04. The van der Waals surface area contributed by atoms with E-state index in [1.165, 1.54) is 0 Å². The van der Waals surface area contributed by atoms with Crippen LogP contribution in [0.2, 0.25) is 0 Å². The van der Waals surface area contributed by atoms with Gasteiger partial charge in [-0.25, -0.2) is 10.1 Å². The summed E-state index contributed by atoms with van der Waals surface area (Å²) >= 11 is 0. The van der Waals surface area contributed by atoms with Crippen LogP contribution in [0.15, 0.2) is 16.9 Å². The predicted octanol–water partition coefficient (Wildman–Crippen LogP) is 0.0215. The Hall–Kier alpha value is -1.78. The van der Waals surface area contributed by atoms with Gasteiger partial charge in [0.2, 0.25) is 0 Å². The van der Waals surface area contributed by atoms with Crippen LogP contribution < -0.4 is 5.56 Å². The number of hydrogen-bond donors (Lipinski definition) is 1. The van der Waals surface area contributed by atoms with Gasteiger partial charge in [0.05, 0.1) is 5.39 Å². The first-order valence-corrected chi connectivity index (χ1v) is 3.46. The van der Waals surface area contributed by atoms with Crippen molar-refractivity contribution in [1.29, 1.82) is 0 Å². The van der Waals surface area contributed by atoms with Crippen molar-refractivity contribution in [2.75, 3.05) is 0 Å². The number of nitrogens with zero attached hydrogens (tertiary/aromatic N) is 3. The minimum atomic E-state index is -0.257. The normalized spacial score (nSPS) is 10.4. The summed E-state index contributed by atoms with van der Waals surface area (Å²) < 4.78 is 0. The van der Waals surface area contributed by atoms with Crippen LogP contribution in [-0.4, -0.2) is 20.4 Å². The molecule has 0 unspecified atom stereocenters. The first-order chi connectivity index (χ1) is 5.77. The second-order valence-electron chi connectivity index (χ2n) is 2.46. The maximum Gasteiger partial charge on any atom is 0.276 e. The second kappa shape index (κ2) is 2.37. The highest BCUT2D eigenvalue weighted by molar-refractivity contribution is 5.72. The van der Waals surface area contributed by atoms with Crippen LogP contribution in [0.1, 0.15) is 5.69 Å². The zero-order valence-electron chi connectivity index (χ0n) is 6.40. The maximum atomic E-state index is 11.1. The molecule has 0 aliphatic heterocycles. The quantitative estimate of drug-likeness (QED) is 0.592. The predicted molar refractivity (Wildman–Crippen MR) is 42.7 cm³/mol. The van der Waals surface area contributed by atoms with Gasteiger partial charge in [0, 0.05) is 5.69 Å². The Morgan fingerprint density at radius 2 is 2.25 bits per heavy atom. The number of aromatic nitrogens is 4. The molecule has 0 aliphatic rings. The van der Waals surface area contributed by atoms with Crippen molar-refractivity contribution in [3.8, 4) is 0 Å². The van der Waals surface area contributed by atoms with Crippen LogP contribution in [0, 0.1) is 6.92 Å². The van der Waals surface area contributed by atoms with Crippen LogP contribution in [0.3, 0.4) is 0 Å². The van der Waals surface area contributed by atoms with Crippen molar-refractivity contribution in [3.05, 3.63) is 28.2 Å². The molecule has 0 fully saturated rings. The molecule has 5 nitrogen and oxygen atoms in total. The number of pyridine rings is 1. The lowest BCUT2D eigenvalue weighted by atomic mass is 10.3. The number of aromatic amines is 1. The van der Waals surface area contributed by atoms with Gasteiger partial charge < -0.3 is 0 Å². The molecular weight excluding hydrogens is 156 g/mol. The van der Waals surface area contributed by atoms with E-state index < -0.39 is 0 Å². The van der Waals surface area contributed by atoms with Gasteiger partial charge >= 0.3 is 0 Å². The third-order valence-electron chi connectivity index (χ3n) is 1.56. The van der Waals surface area contributed by atoms with E-state index in [4.69, 9.17) is 0 Å². The van der Waals surface area contributed by atoms with E-state index in [-0.39, 0.29) is 5.56 Å². The van der Waals surface area contributed by atoms with Crippen LogP contribution in [0.5, 0.6) is 0 Å². The van der Waals surface area contributed by atoms with Gasteiger partial charge in [0.15, 0.2) is 5.65 Å². The lowest BCUT2D eigenvalue weighted by Gasteiger charge is -1.93. The molecule has 0 bridgehead atoms. The Labute approximate surface area is 67.5 Å². The van der Waals surface area contributed by atoms with Gasteiger partial charge in [-0.2, -0.15) is 0 Å². The van der Waals surface area contributed by atoms with Crippen molar-refractivity contribution in [1.82, 2.24) is 20.4 Å².